The Bertz CT molecular complexity index is 984. The molecule has 0 amide bonds. The average molecular weight is 400 g/mol. The van der Waals surface area contributed by atoms with E-state index >= 15 is 0 Å². The van der Waals surface area contributed by atoms with Crippen molar-refractivity contribution >= 4 is 28.9 Å². The van der Waals surface area contributed by atoms with Crippen molar-refractivity contribution in [1.29, 1.82) is 0 Å². The first-order valence-electron chi connectivity index (χ1n) is 9.58. The van der Waals surface area contributed by atoms with Gasteiger partial charge in [0.25, 0.3) is 0 Å². The van der Waals surface area contributed by atoms with Crippen molar-refractivity contribution in [3.8, 4) is 17.0 Å². The molecule has 1 aromatic carbocycles. The Labute approximate surface area is 168 Å². The Balaban J connectivity index is 1.98. The predicted octanol–water partition coefficient (Wildman–Crippen LogP) is 3.73. The van der Waals surface area contributed by atoms with Gasteiger partial charge in [-0.25, -0.2) is 9.97 Å². The van der Waals surface area contributed by atoms with E-state index in [0.717, 1.165) is 47.1 Å². The van der Waals surface area contributed by atoms with E-state index in [4.69, 9.17) is 19.7 Å². The highest BCUT2D eigenvalue weighted by Gasteiger charge is 2.23. The summed E-state index contributed by atoms with van der Waals surface area (Å²) >= 11 is 1.61. The van der Waals surface area contributed by atoms with Crippen molar-refractivity contribution in [3.63, 3.8) is 0 Å². The number of aromatic hydroxyl groups is 1. The Kier molecular flexibility index (Phi) is 5.41. The standard InChI is InChI=1S/C20H25N5O2S/c1-4-13(2)25-18-17(22-20(25)28-3)16(14-6-5-7-15(26)12-14)21-19(23-18)24-8-10-27-11-9-24/h5-7,12-13,26H,4,8-11H2,1-3H3. The van der Waals surface area contributed by atoms with E-state index in [1.807, 2.05) is 18.4 Å². The van der Waals surface area contributed by atoms with Gasteiger partial charge in [-0.3, -0.25) is 0 Å². The van der Waals surface area contributed by atoms with Crippen LogP contribution in [0.4, 0.5) is 5.95 Å². The molecule has 1 atom stereocenters. The van der Waals surface area contributed by atoms with Gasteiger partial charge in [-0.05, 0) is 31.7 Å². The zero-order valence-corrected chi connectivity index (χ0v) is 17.2. The van der Waals surface area contributed by atoms with Crippen LogP contribution in [0.5, 0.6) is 5.75 Å². The smallest absolute Gasteiger partial charge is 0.228 e. The van der Waals surface area contributed by atoms with E-state index in [1.54, 1.807) is 23.9 Å². The molecule has 28 heavy (non-hydrogen) atoms. The summed E-state index contributed by atoms with van der Waals surface area (Å²) in [5.41, 5.74) is 3.20. The van der Waals surface area contributed by atoms with E-state index in [2.05, 4.69) is 23.3 Å². The van der Waals surface area contributed by atoms with E-state index in [9.17, 15) is 5.11 Å². The minimum atomic E-state index is 0.212. The molecule has 0 radical (unpaired) electrons. The fourth-order valence-electron chi connectivity index (χ4n) is 3.43. The van der Waals surface area contributed by atoms with Crippen molar-refractivity contribution in [2.24, 2.45) is 0 Å². The normalized spacial score (nSPS) is 15.9. The van der Waals surface area contributed by atoms with E-state index in [0.29, 0.717) is 19.2 Å². The quantitative estimate of drug-likeness (QED) is 0.655. The van der Waals surface area contributed by atoms with Crippen LogP contribution in [0, 0.1) is 0 Å². The number of rotatable bonds is 5. The van der Waals surface area contributed by atoms with Crippen molar-refractivity contribution < 1.29 is 9.84 Å². The molecule has 8 heteroatoms. The SMILES string of the molecule is CCC(C)n1c(SC)nc2c(-c3cccc(O)c3)nc(N3CCOCC3)nc21. The lowest BCUT2D eigenvalue weighted by atomic mass is 10.1. The van der Waals surface area contributed by atoms with Crippen LogP contribution in [-0.2, 0) is 4.74 Å². The molecule has 4 rings (SSSR count). The maximum Gasteiger partial charge on any atom is 0.228 e. The summed E-state index contributed by atoms with van der Waals surface area (Å²) in [6.07, 6.45) is 3.02. The van der Waals surface area contributed by atoms with Gasteiger partial charge < -0.3 is 19.3 Å². The highest BCUT2D eigenvalue weighted by Crippen LogP contribution is 2.34. The van der Waals surface area contributed by atoms with E-state index < -0.39 is 0 Å². The van der Waals surface area contributed by atoms with Gasteiger partial charge in [0.05, 0.1) is 13.2 Å². The third kappa shape index (κ3) is 3.42. The average Bonchev–Trinajstić information content (AvgIpc) is 3.11. The number of nitrogens with zero attached hydrogens (tertiary/aromatic N) is 5. The number of anilines is 1. The Morgan fingerprint density at radius 3 is 2.68 bits per heavy atom. The van der Waals surface area contributed by atoms with Crippen LogP contribution in [0.2, 0.25) is 0 Å². The highest BCUT2D eigenvalue weighted by molar-refractivity contribution is 7.98. The summed E-state index contributed by atoms with van der Waals surface area (Å²) in [6, 6.07) is 7.44. The van der Waals surface area contributed by atoms with Crippen LogP contribution < -0.4 is 4.90 Å². The molecule has 1 N–H and O–H groups in total. The minimum absolute atomic E-state index is 0.212. The number of phenols is 1. The molecule has 0 aliphatic carbocycles. The summed E-state index contributed by atoms with van der Waals surface area (Å²) in [4.78, 5) is 16.8. The van der Waals surface area contributed by atoms with Gasteiger partial charge in [-0.2, -0.15) is 4.98 Å². The molecule has 1 saturated heterocycles. The Hall–Kier alpha value is -2.32. The Morgan fingerprint density at radius 2 is 2.00 bits per heavy atom. The zero-order chi connectivity index (χ0) is 19.7. The molecule has 1 aliphatic rings. The second-order valence-electron chi connectivity index (χ2n) is 6.92. The maximum absolute atomic E-state index is 10.00. The van der Waals surface area contributed by atoms with Crippen molar-refractivity contribution in [3.05, 3.63) is 24.3 Å². The molecule has 1 unspecified atom stereocenters. The zero-order valence-electron chi connectivity index (χ0n) is 16.4. The first kappa shape index (κ1) is 19.0. The largest absolute Gasteiger partial charge is 0.508 e. The monoisotopic (exact) mass is 399 g/mol. The van der Waals surface area contributed by atoms with Crippen LogP contribution in [0.1, 0.15) is 26.3 Å². The van der Waals surface area contributed by atoms with Gasteiger partial charge in [0.2, 0.25) is 5.95 Å². The Morgan fingerprint density at radius 1 is 1.21 bits per heavy atom. The van der Waals surface area contributed by atoms with Crippen LogP contribution in [0.15, 0.2) is 29.4 Å². The molecule has 3 heterocycles. The molecule has 148 valence electrons. The topological polar surface area (TPSA) is 76.3 Å². The molecule has 7 nitrogen and oxygen atoms in total. The molecule has 1 aliphatic heterocycles. The lowest BCUT2D eigenvalue weighted by molar-refractivity contribution is 0.122. The summed E-state index contributed by atoms with van der Waals surface area (Å²) in [5.74, 6) is 0.898. The number of morpholine rings is 1. The number of benzene rings is 1. The number of imidazole rings is 1. The highest BCUT2D eigenvalue weighted by atomic mass is 32.2. The summed E-state index contributed by atoms with van der Waals surface area (Å²) < 4.78 is 7.70. The van der Waals surface area contributed by atoms with Gasteiger partial charge in [0.15, 0.2) is 10.8 Å². The molecule has 3 aromatic rings. The molecule has 0 bridgehead atoms. The van der Waals surface area contributed by atoms with Crippen molar-refractivity contribution in [1.82, 2.24) is 19.5 Å². The van der Waals surface area contributed by atoms with Gasteiger partial charge in [-0.15, -0.1) is 0 Å². The predicted molar refractivity (Wildman–Crippen MR) is 112 cm³/mol. The number of phenolic OH excluding ortho intramolecular Hbond substituents is 1. The first-order valence-corrected chi connectivity index (χ1v) is 10.8. The fourth-order valence-corrected chi connectivity index (χ4v) is 4.07. The number of aromatic nitrogens is 4. The summed E-state index contributed by atoms with van der Waals surface area (Å²) in [6.45, 7) is 7.22. The number of thioether (sulfide) groups is 1. The molecule has 1 fully saturated rings. The summed E-state index contributed by atoms with van der Waals surface area (Å²) in [7, 11) is 0. The van der Waals surface area contributed by atoms with Gasteiger partial charge in [0.1, 0.15) is 17.0 Å². The van der Waals surface area contributed by atoms with Crippen LogP contribution >= 0.6 is 11.8 Å². The van der Waals surface area contributed by atoms with Gasteiger partial charge in [0, 0.05) is 24.7 Å². The number of hydrogen-bond acceptors (Lipinski definition) is 7. The maximum atomic E-state index is 10.00. The van der Waals surface area contributed by atoms with Crippen LogP contribution in [0.3, 0.4) is 0 Å². The molecule has 0 saturated carbocycles. The van der Waals surface area contributed by atoms with E-state index in [-0.39, 0.29) is 11.8 Å². The summed E-state index contributed by atoms with van der Waals surface area (Å²) in [5, 5.41) is 10.9. The minimum Gasteiger partial charge on any atom is -0.508 e. The number of ether oxygens (including phenoxy) is 1. The van der Waals surface area contributed by atoms with Crippen molar-refractivity contribution in [2.75, 3.05) is 37.5 Å². The van der Waals surface area contributed by atoms with Gasteiger partial charge >= 0.3 is 0 Å². The lowest BCUT2D eigenvalue weighted by Gasteiger charge is -2.27. The molecular weight excluding hydrogens is 374 g/mol. The molecule has 2 aromatic heterocycles. The van der Waals surface area contributed by atoms with Crippen LogP contribution in [0.25, 0.3) is 22.4 Å². The molecular formula is C20H25N5O2S. The second kappa shape index (κ2) is 7.97. The van der Waals surface area contributed by atoms with Crippen molar-refractivity contribution in [2.45, 2.75) is 31.5 Å². The first-order chi connectivity index (χ1) is 13.6. The van der Waals surface area contributed by atoms with Crippen LogP contribution in [-0.4, -0.2) is 57.2 Å². The lowest BCUT2D eigenvalue weighted by Crippen LogP contribution is -2.37. The third-order valence-corrected chi connectivity index (χ3v) is 5.78. The third-order valence-electron chi connectivity index (χ3n) is 5.12. The second-order valence-corrected chi connectivity index (χ2v) is 7.69. The fraction of sp³-hybridized carbons (Fsp3) is 0.450. The number of hydrogen-bond donors (Lipinski definition) is 1. The number of fused-ring (bicyclic) bond motifs is 1. The molecule has 0 spiro atoms. The van der Waals surface area contributed by atoms with E-state index in [1.165, 1.54) is 0 Å². The van der Waals surface area contributed by atoms with Gasteiger partial charge in [-0.1, -0.05) is 30.8 Å².